The van der Waals surface area contributed by atoms with Crippen LogP contribution in [0.4, 0.5) is 0 Å². The van der Waals surface area contributed by atoms with Gasteiger partial charge < -0.3 is 24.5 Å². The van der Waals surface area contributed by atoms with Crippen molar-refractivity contribution >= 4 is 11.9 Å². The van der Waals surface area contributed by atoms with Gasteiger partial charge in [-0.05, 0) is 12.1 Å². The van der Waals surface area contributed by atoms with Gasteiger partial charge in [-0.25, -0.2) is 4.79 Å². The Morgan fingerprint density at radius 1 is 1.47 bits per heavy atom. The van der Waals surface area contributed by atoms with Gasteiger partial charge in [0, 0.05) is 27.0 Å². The lowest BCUT2D eigenvalue weighted by molar-refractivity contribution is -0.148. The van der Waals surface area contributed by atoms with Gasteiger partial charge in [0.25, 0.3) is 5.91 Å². The van der Waals surface area contributed by atoms with E-state index in [-0.39, 0.29) is 12.5 Å². The fraction of sp³-hybridized carbons (Fsp3) is 0.500. The number of carboxylic acids is 1. The van der Waals surface area contributed by atoms with E-state index in [1.165, 1.54) is 7.11 Å². The van der Waals surface area contributed by atoms with Crippen LogP contribution in [-0.4, -0.2) is 55.0 Å². The molecule has 0 aliphatic rings. The molecule has 0 spiro atoms. The Morgan fingerprint density at radius 3 is 2.79 bits per heavy atom. The summed E-state index contributed by atoms with van der Waals surface area (Å²) in [5.74, 6) is -1.46. The third-order valence-electron chi connectivity index (χ3n) is 2.61. The second-order valence-electron chi connectivity index (χ2n) is 3.85. The summed E-state index contributed by atoms with van der Waals surface area (Å²) in [5, 5.41) is 11.3. The van der Waals surface area contributed by atoms with Crippen molar-refractivity contribution in [3.63, 3.8) is 0 Å². The summed E-state index contributed by atoms with van der Waals surface area (Å²) in [4.78, 5) is 22.7. The first-order valence-electron chi connectivity index (χ1n) is 5.78. The molecule has 0 fully saturated rings. The fourth-order valence-corrected chi connectivity index (χ4v) is 1.55. The van der Waals surface area contributed by atoms with E-state index in [2.05, 4.69) is 5.32 Å². The summed E-state index contributed by atoms with van der Waals surface area (Å²) in [5.41, 5.74) is 0.456. The number of carboxylic acid groups (broad SMARTS) is 1. The predicted molar refractivity (Wildman–Crippen MR) is 67.1 cm³/mol. The smallest absolute Gasteiger partial charge is 0.334 e. The normalized spacial score (nSPS) is 12.1. The molecule has 19 heavy (non-hydrogen) atoms. The van der Waals surface area contributed by atoms with E-state index in [4.69, 9.17) is 14.6 Å². The van der Waals surface area contributed by atoms with E-state index in [0.29, 0.717) is 18.8 Å². The standard InChI is InChI=1S/C12H18N2O5/c1-18-7-6-14-5-3-4-9(14)11(15)13-8-10(19-2)12(16)17/h3-5,10H,6-8H2,1-2H3,(H,13,15)(H,16,17). The molecule has 7 nitrogen and oxygen atoms in total. The highest BCUT2D eigenvalue weighted by Crippen LogP contribution is 2.02. The Labute approximate surface area is 111 Å². The van der Waals surface area contributed by atoms with Gasteiger partial charge in [-0.3, -0.25) is 4.79 Å². The molecule has 2 N–H and O–H groups in total. The van der Waals surface area contributed by atoms with Crippen molar-refractivity contribution < 1.29 is 24.2 Å². The van der Waals surface area contributed by atoms with Crippen molar-refractivity contribution in [3.05, 3.63) is 24.0 Å². The van der Waals surface area contributed by atoms with Crippen molar-refractivity contribution in [2.75, 3.05) is 27.4 Å². The van der Waals surface area contributed by atoms with Gasteiger partial charge in [-0.15, -0.1) is 0 Å². The number of ether oxygens (including phenoxy) is 2. The van der Waals surface area contributed by atoms with Crippen molar-refractivity contribution in [2.45, 2.75) is 12.6 Å². The second-order valence-corrected chi connectivity index (χ2v) is 3.85. The first kappa shape index (κ1) is 15.2. The predicted octanol–water partition coefficient (Wildman–Crippen LogP) is -0.0361. The third-order valence-corrected chi connectivity index (χ3v) is 2.61. The number of rotatable bonds is 8. The van der Waals surface area contributed by atoms with Crippen molar-refractivity contribution in [1.29, 1.82) is 0 Å². The molecular weight excluding hydrogens is 252 g/mol. The fourth-order valence-electron chi connectivity index (χ4n) is 1.55. The molecule has 1 aromatic heterocycles. The first-order chi connectivity index (χ1) is 9.10. The number of hydrogen-bond donors (Lipinski definition) is 2. The van der Waals surface area contributed by atoms with E-state index >= 15 is 0 Å². The quantitative estimate of drug-likeness (QED) is 0.692. The molecule has 1 heterocycles. The molecule has 0 saturated heterocycles. The first-order valence-corrected chi connectivity index (χ1v) is 5.78. The van der Waals surface area contributed by atoms with Crippen LogP contribution in [-0.2, 0) is 20.8 Å². The van der Waals surface area contributed by atoms with Gasteiger partial charge in [0.1, 0.15) is 5.69 Å². The lowest BCUT2D eigenvalue weighted by Gasteiger charge is -2.13. The number of aliphatic carboxylic acids is 1. The zero-order valence-electron chi connectivity index (χ0n) is 11.0. The van der Waals surface area contributed by atoms with Crippen LogP contribution in [0, 0.1) is 0 Å². The summed E-state index contributed by atoms with van der Waals surface area (Å²) in [6, 6.07) is 3.41. The summed E-state index contributed by atoms with van der Waals surface area (Å²) in [7, 11) is 2.87. The van der Waals surface area contributed by atoms with Crippen LogP contribution in [0.1, 0.15) is 10.5 Å². The summed E-state index contributed by atoms with van der Waals surface area (Å²) >= 11 is 0. The molecule has 106 valence electrons. The van der Waals surface area contributed by atoms with Crippen LogP contribution < -0.4 is 5.32 Å². The highest BCUT2D eigenvalue weighted by Gasteiger charge is 2.18. The summed E-state index contributed by atoms with van der Waals surface area (Å²) < 4.78 is 11.4. The van der Waals surface area contributed by atoms with Crippen molar-refractivity contribution in [1.82, 2.24) is 9.88 Å². The summed E-state index contributed by atoms with van der Waals surface area (Å²) in [6.07, 6.45) is 0.713. The number of nitrogens with one attached hydrogen (secondary N) is 1. The van der Waals surface area contributed by atoms with E-state index in [1.54, 1.807) is 30.0 Å². The number of carbonyl (C=O) groups excluding carboxylic acids is 1. The van der Waals surface area contributed by atoms with Gasteiger partial charge in [0.05, 0.1) is 13.2 Å². The molecular formula is C12H18N2O5. The van der Waals surface area contributed by atoms with Crippen LogP contribution in [0.15, 0.2) is 18.3 Å². The number of aromatic nitrogens is 1. The third kappa shape index (κ3) is 4.38. The lowest BCUT2D eigenvalue weighted by atomic mass is 10.3. The monoisotopic (exact) mass is 270 g/mol. The Balaban J connectivity index is 2.58. The van der Waals surface area contributed by atoms with Gasteiger partial charge in [0.2, 0.25) is 0 Å². The van der Waals surface area contributed by atoms with E-state index in [0.717, 1.165) is 0 Å². The van der Waals surface area contributed by atoms with E-state index < -0.39 is 12.1 Å². The van der Waals surface area contributed by atoms with Crippen LogP contribution in [0.2, 0.25) is 0 Å². The van der Waals surface area contributed by atoms with Crippen LogP contribution >= 0.6 is 0 Å². The Kier molecular flexibility index (Phi) is 6.04. The zero-order valence-corrected chi connectivity index (χ0v) is 11.0. The molecule has 1 rings (SSSR count). The van der Waals surface area contributed by atoms with E-state index in [1.807, 2.05) is 0 Å². The molecule has 0 bridgehead atoms. The SMILES string of the molecule is COCCn1cccc1C(=O)NCC(OC)C(=O)O. The molecule has 1 atom stereocenters. The number of amides is 1. The topological polar surface area (TPSA) is 89.8 Å². The number of hydrogen-bond acceptors (Lipinski definition) is 4. The molecule has 0 saturated carbocycles. The number of methoxy groups -OCH3 is 2. The van der Waals surface area contributed by atoms with Crippen molar-refractivity contribution in [3.8, 4) is 0 Å². The number of carbonyl (C=O) groups is 2. The highest BCUT2D eigenvalue weighted by molar-refractivity contribution is 5.93. The Hall–Kier alpha value is -1.86. The molecule has 0 aromatic carbocycles. The minimum Gasteiger partial charge on any atom is -0.479 e. The van der Waals surface area contributed by atoms with Crippen LogP contribution in [0.25, 0.3) is 0 Å². The average molecular weight is 270 g/mol. The highest BCUT2D eigenvalue weighted by atomic mass is 16.5. The van der Waals surface area contributed by atoms with Crippen molar-refractivity contribution in [2.24, 2.45) is 0 Å². The van der Waals surface area contributed by atoms with Gasteiger partial charge in [-0.1, -0.05) is 0 Å². The molecule has 1 amide bonds. The average Bonchev–Trinajstić information content (AvgIpc) is 2.84. The largest absolute Gasteiger partial charge is 0.479 e. The molecule has 0 aliphatic carbocycles. The molecule has 7 heteroatoms. The molecule has 0 radical (unpaired) electrons. The molecule has 1 unspecified atom stereocenters. The lowest BCUT2D eigenvalue weighted by Crippen LogP contribution is -2.38. The summed E-state index contributed by atoms with van der Waals surface area (Å²) in [6.45, 7) is 0.962. The molecule has 1 aromatic rings. The maximum Gasteiger partial charge on any atom is 0.334 e. The van der Waals surface area contributed by atoms with Gasteiger partial charge in [0.15, 0.2) is 6.10 Å². The number of nitrogens with zero attached hydrogens (tertiary/aromatic N) is 1. The van der Waals surface area contributed by atoms with Gasteiger partial charge in [-0.2, -0.15) is 0 Å². The maximum absolute atomic E-state index is 11.9. The van der Waals surface area contributed by atoms with E-state index in [9.17, 15) is 9.59 Å². The zero-order chi connectivity index (χ0) is 14.3. The second kappa shape index (κ2) is 7.55. The molecule has 0 aliphatic heterocycles. The minimum atomic E-state index is -1.11. The maximum atomic E-state index is 11.9. The van der Waals surface area contributed by atoms with Crippen LogP contribution in [0.3, 0.4) is 0 Å². The van der Waals surface area contributed by atoms with Gasteiger partial charge >= 0.3 is 5.97 Å². The Bertz CT molecular complexity index is 430. The Morgan fingerprint density at radius 2 is 2.21 bits per heavy atom. The van der Waals surface area contributed by atoms with Crippen LogP contribution in [0.5, 0.6) is 0 Å². The minimum absolute atomic E-state index is 0.0832.